The molecule has 282 valence electrons. The highest BCUT2D eigenvalue weighted by Gasteiger charge is 2.33. The quantitative estimate of drug-likeness (QED) is 0.175. The molecule has 0 bridgehead atoms. The summed E-state index contributed by atoms with van der Waals surface area (Å²) in [5.74, 6) is 1.76. The van der Waals surface area contributed by atoms with E-state index in [4.69, 9.17) is 9.97 Å². The van der Waals surface area contributed by atoms with Gasteiger partial charge in [-0.25, -0.2) is 15.0 Å². The molecule has 0 unspecified atom stereocenters. The Balaban J connectivity index is 1.36. The number of para-hydroxylation sites is 2. The van der Waals surface area contributed by atoms with Gasteiger partial charge in [0.2, 0.25) is 0 Å². The van der Waals surface area contributed by atoms with Crippen LogP contribution in [0.3, 0.4) is 0 Å². The van der Waals surface area contributed by atoms with E-state index in [2.05, 4.69) is 107 Å². The van der Waals surface area contributed by atoms with Crippen LogP contribution in [0.4, 0.5) is 13.2 Å². The molecule has 0 N–H and O–H groups in total. The van der Waals surface area contributed by atoms with E-state index in [0.29, 0.717) is 23.0 Å². The molecule has 5 nitrogen and oxygen atoms in total. The van der Waals surface area contributed by atoms with E-state index in [-0.39, 0.29) is 5.56 Å². The van der Waals surface area contributed by atoms with Gasteiger partial charge in [0.05, 0.1) is 39.0 Å². The molecule has 58 heavy (non-hydrogen) atoms. The van der Waals surface area contributed by atoms with Gasteiger partial charge in [-0.1, -0.05) is 90.0 Å². The van der Waals surface area contributed by atoms with Crippen LogP contribution < -0.4 is 0 Å². The van der Waals surface area contributed by atoms with Crippen molar-refractivity contribution in [1.29, 1.82) is 0 Å². The van der Waals surface area contributed by atoms with Crippen LogP contribution in [0.1, 0.15) is 28.3 Å². The van der Waals surface area contributed by atoms with Crippen LogP contribution in [-0.4, -0.2) is 24.1 Å². The van der Waals surface area contributed by atoms with Crippen molar-refractivity contribution in [3.8, 4) is 45.0 Å². The van der Waals surface area contributed by atoms with Crippen molar-refractivity contribution in [3.05, 3.63) is 174 Å². The summed E-state index contributed by atoms with van der Waals surface area (Å²) >= 11 is 0. The average molecular weight is 764 g/mol. The van der Waals surface area contributed by atoms with Crippen LogP contribution in [0, 0.1) is 27.7 Å². The lowest BCUT2D eigenvalue weighted by Crippen LogP contribution is -2.07. The van der Waals surface area contributed by atoms with Crippen LogP contribution in [0.25, 0.3) is 88.6 Å². The highest BCUT2D eigenvalue weighted by Crippen LogP contribution is 2.45. The van der Waals surface area contributed by atoms with Crippen LogP contribution in [0.5, 0.6) is 0 Å². The molecule has 3 heterocycles. The number of aromatic nitrogens is 5. The van der Waals surface area contributed by atoms with Crippen molar-refractivity contribution >= 4 is 43.6 Å². The first-order valence-corrected chi connectivity index (χ1v) is 19.2. The number of rotatable bonds is 5. The first-order chi connectivity index (χ1) is 28.0. The van der Waals surface area contributed by atoms with Gasteiger partial charge in [0.1, 0.15) is 11.6 Å². The molecule has 10 aromatic rings. The molecule has 0 spiro atoms. The molecular formula is C50H36F3N5. The first-order valence-electron chi connectivity index (χ1n) is 19.2. The van der Waals surface area contributed by atoms with E-state index in [1.165, 1.54) is 6.07 Å². The third kappa shape index (κ3) is 5.74. The minimum absolute atomic E-state index is 0.113. The van der Waals surface area contributed by atoms with Crippen molar-refractivity contribution < 1.29 is 13.2 Å². The Hall–Kier alpha value is -7.06. The zero-order chi connectivity index (χ0) is 39.9. The van der Waals surface area contributed by atoms with E-state index < -0.39 is 11.7 Å². The molecule has 0 amide bonds. The normalized spacial score (nSPS) is 12.1. The number of hydrogen-bond acceptors (Lipinski definition) is 3. The van der Waals surface area contributed by atoms with Gasteiger partial charge in [-0.05, 0) is 106 Å². The van der Waals surface area contributed by atoms with Gasteiger partial charge >= 0.3 is 6.18 Å². The lowest BCUT2D eigenvalue weighted by molar-refractivity contribution is -0.137. The number of hydrogen-bond donors (Lipinski definition) is 0. The molecule has 8 heteroatoms. The largest absolute Gasteiger partial charge is 0.417 e. The highest BCUT2D eigenvalue weighted by atomic mass is 19.4. The van der Waals surface area contributed by atoms with E-state index in [9.17, 15) is 13.2 Å². The molecule has 0 fully saturated rings. The van der Waals surface area contributed by atoms with E-state index in [1.54, 1.807) is 12.1 Å². The van der Waals surface area contributed by atoms with Gasteiger partial charge in [0.15, 0.2) is 5.82 Å². The predicted octanol–water partition coefficient (Wildman–Crippen LogP) is 13.3. The Bertz CT molecular complexity index is 3260. The molecule has 10 rings (SSSR count). The fourth-order valence-electron chi connectivity index (χ4n) is 8.62. The van der Waals surface area contributed by atoms with Gasteiger partial charge in [-0.3, -0.25) is 0 Å². The smallest absolute Gasteiger partial charge is 0.309 e. The molecule has 0 saturated heterocycles. The maximum atomic E-state index is 14.6. The fraction of sp³-hybridized carbons (Fsp3) is 0.100. The first kappa shape index (κ1) is 35.4. The number of benzene rings is 7. The lowest BCUT2D eigenvalue weighted by Gasteiger charge is -2.21. The Morgan fingerprint density at radius 2 is 0.948 bits per heavy atom. The Morgan fingerprint density at radius 1 is 0.414 bits per heavy atom. The number of halogens is 3. The maximum Gasteiger partial charge on any atom is 0.417 e. The summed E-state index contributed by atoms with van der Waals surface area (Å²) in [6.07, 6.45) is -4.54. The topological polar surface area (TPSA) is 48.5 Å². The summed E-state index contributed by atoms with van der Waals surface area (Å²) in [6.45, 7) is 7.88. The molecule has 0 saturated carbocycles. The maximum absolute atomic E-state index is 14.6. The van der Waals surface area contributed by atoms with Gasteiger partial charge < -0.3 is 9.13 Å². The standard InChI is InChI=1S/C50H36F3N5/c1-29-17-22-45-39(25-29)36-12-6-9-15-43(36)57(45)47-24-20-34(49-55-31(3)54-32(4)56-49)27-41(47)38-21-19-33(35-11-5-8-14-42(35)50(51,52)53)28-48(38)58-44-16-10-7-13-37(44)40-26-30(2)18-23-46(40)58/h5-28H,1-4H3. The van der Waals surface area contributed by atoms with E-state index in [0.717, 1.165) is 88.9 Å². The van der Waals surface area contributed by atoms with Gasteiger partial charge in [-0.2, -0.15) is 13.2 Å². The van der Waals surface area contributed by atoms with Crippen molar-refractivity contribution in [2.75, 3.05) is 0 Å². The molecule has 0 aliphatic heterocycles. The summed E-state index contributed by atoms with van der Waals surface area (Å²) < 4.78 is 48.4. The highest BCUT2D eigenvalue weighted by molar-refractivity contribution is 6.12. The van der Waals surface area contributed by atoms with Crippen molar-refractivity contribution in [3.63, 3.8) is 0 Å². The SMILES string of the molecule is Cc1ccc2c(c1)c1ccccc1n2-c1ccc(-c2nc(C)nc(C)n2)cc1-c1ccc(-c2ccccc2C(F)(F)F)cc1-n1c2ccccc2c2cc(C)ccc21. The summed E-state index contributed by atoms with van der Waals surface area (Å²) in [5.41, 5.74) is 10.2. The minimum atomic E-state index is -4.54. The second-order valence-electron chi connectivity index (χ2n) is 15.0. The van der Waals surface area contributed by atoms with Crippen LogP contribution in [-0.2, 0) is 6.18 Å². The second kappa shape index (κ2) is 13.3. The number of aryl methyl sites for hydroxylation is 4. The lowest BCUT2D eigenvalue weighted by atomic mass is 9.93. The Morgan fingerprint density at radius 3 is 1.57 bits per heavy atom. The molecule has 0 atom stereocenters. The zero-order valence-corrected chi connectivity index (χ0v) is 32.2. The summed E-state index contributed by atoms with van der Waals surface area (Å²) in [6, 6.07) is 47.2. The van der Waals surface area contributed by atoms with Gasteiger partial charge in [-0.15, -0.1) is 0 Å². The summed E-state index contributed by atoms with van der Waals surface area (Å²) in [4.78, 5) is 13.9. The molecular weight excluding hydrogens is 728 g/mol. The van der Waals surface area contributed by atoms with Crippen molar-refractivity contribution in [2.24, 2.45) is 0 Å². The van der Waals surface area contributed by atoms with E-state index >= 15 is 0 Å². The molecule has 3 aromatic heterocycles. The van der Waals surface area contributed by atoms with Crippen molar-refractivity contribution in [2.45, 2.75) is 33.9 Å². The summed E-state index contributed by atoms with van der Waals surface area (Å²) in [5, 5.41) is 4.37. The van der Waals surface area contributed by atoms with Crippen LogP contribution in [0.2, 0.25) is 0 Å². The molecule has 0 radical (unpaired) electrons. The van der Waals surface area contributed by atoms with Crippen LogP contribution in [0.15, 0.2) is 146 Å². The summed E-state index contributed by atoms with van der Waals surface area (Å²) in [7, 11) is 0. The second-order valence-corrected chi connectivity index (χ2v) is 15.0. The zero-order valence-electron chi connectivity index (χ0n) is 32.2. The predicted molar refractivity (Wildman–Crippen MR) is 229 cm³/mol. The number of nitrogens with zero attached hydrogens (tertiary/aromatic N) is 5. The Labute approximate surface area is 332 Å². The average Bonchev–Trinajstić information content (AvgIpc) is 3.71. The third-order valence-electron chi connectivity index (χ3n) is 11.1. The fourth-order valence-corrected chi connectivity index (χ4v) is 8.62. The van der Waals surface area contributed by atoms with Crippen molar-refractivity contribution in [1.82, 2.24) is 24.1 Å². The van der Waals surface area contributed by atoms with E-state index in [1.807, 2.05) is 56.3 Å². The van der Waals surface area contributed by atoms with Gasteiger partial charge in [0.25, 0.3) is 0 Å². The van der Waals surface area contributed by atoms with Gasteiger partial charge in [0, 0.05) is 38.2 Å². The Kier molecular flexibility index (Phi) is 8.09. The monoisotopic (exact) mass is 763 g/mol. The molecule has 7 aromatic carbocycles. The number of alkyl halides is 3. The van der Waals surface area contributed by atoms with Crippen LogP contribution >= 0.6 is 0 Å². The number of fused-ring (bicyclic) bond motifs is 6. The molecule has 0 aliphatic carbocycles. The minimum Gasteiger partial charge on any atom is -0.309 e. The third-order valence-corrected chi connectivity index (χ3v) is 11.1. The molecule has 0 aliphatic rings.